The molecule has 0 atom stereocenters. The Morgan fingerprint density at radius 1 is 0.836 bits per heavy atom. The average molecular weight is 766 g/mol. The molecule has 0 radical (unpaired) electrons. The number of hydrogen-bond donors (Lipinski definition) is 0. The van der Waals surface area contributed by atoms with Crippen LogP contribution in [0.5, 0.6) is 11.5 Å². The molecule has 3 heterocycles. The number of piperazine rings is 1. The lowest BCUT2D eigenvalue weighted by Crippen LogP contribution is -2.49. The summed E-state index contributed by atoms with van der Waals surface area (Å²) in [6, 6.07) is 19.6. The third kappa shape index (κ3) is 9.94. The second kappa shape index (κ2) is 17.5. The van der Waals surface area contributed by atoms with E-state index < -0.39 is 5.60 Å². The minimum absolute atomic E-state index is 0.0213. The predicted molar refractivity (Wildman–Crippen MR) is 210 cm³/mol. The number of rotatable bonds is 10. The molecule has 3 aromatic carbocycles. The number of carbonyl (C=O) groups is 2. The standard InChI is InChI=1S/C43H48ClN5O6/c1-29-33(8-6-9-35(29)36-10-7-11-37(30(36)2)41(50)48-16-18-52-19-17-48)28-54-40-22-39(53-27-32-20-31(23-45)24-46-25-32)34(21-38(40)44)26-47-12-14-49(15-13-47)42(51)55-43(3,4)5/h6-11,20-22,24-25H,12-19,26-28H2,1-5H3. The maximum atomic E-state index is 13.4. The summed E-state index contributed by atoms with van der Waals surface area (Å²) in [4.78, 5) is 36.1. The molecule has 0 aliphatic carbocycles. The van der Waals surface area contributed by atoms with Gasteiger partial charge in [-0.15, -0.1) is 0 Å². The summed E-state index contributed by atoms with van der Waals surface area (Å²) >= 11 is 6.91. The van der Waals surface area contributed by atoms with Crippen LogP contribution in [0.15, 0.2) is 67.0 Å². The van der Waals surface area contributed by atoms with E-state index in [4.69, 9.17) is 30.5 Å². The van der Waals surface area contributed by atoms with Crippen molar-refractivity contribution in [1.29, 1.82) is 5.26 Å². The quantitative estimate of drug-likeness (QED) is 0.161. The predicted octanol–water partition coefficient (Wildman–Crippen LogP) is 7.57. The van der Waals surface area contributed by atoms with Gasteiger partial charge in [-0.1, -0.05) is 41.9 Å². The maximum Gasteiger partial charge on any atom is 0.410 e. The molecule has 2 fully saturated rings. The highest BCUT2D eigenvalue weighted by molar-refractivity contribution is 6.32. The van der Waals surface area contributed by atoms with E-state index in [9.17, 15) is 14.9 Å². The fraction of sp³-hybridized carbons (Fsp3) is 0.395. The molecule has 11 nitrogen and oxygen atoms in total. The molecule has 2 amide bonds. The van der Waals surface area contributed by atoms with Gasteiger partial charge in [0.15, 0.2) is 0 Å². The van der Waals surface area contributed by atoms with E-state index in [0.29, 0.717) is 86.7 Å². The van der Waals surface area contributed by atoms with Gasteiger partial charge in [-0.2, -0.15) is 5.26 Å². The number of amides is 2. The van der Waals surface area contributed by atoms with Gasteiger partial charge in [-0.25, -0.2) is 4.79 Å². The third-order valence-corrected chi connectivity index (χ3v) is 10.1. The van der Waals surface area contributed by atoms with Gasteiger partial charge in [0.1, 0.15) is 36.4 Å². The van der Waals surface area contributed by atoms with Crippen molar-refractivity contribution in [3.05, 3.63) is 111 Å². The molecule has 2 saturated heterocycles. The lowest BCUT2D eigenvalue weighted by Gasteiger charge is -2.35. The normalized spacial score (nSPS) is 15.0. The van der Waals surface area contributed by atoms with E-state index >= 15 is 0 Å². The first kappa shape index (κ1) is 39.5. The fourth-order valence-electron chi connectivity index (χ4n) is 6.77. The van der Waals surface area contributed by atoms with Gasteiger partial charge in [-0.05, 0) is 80.6 Å². The third-order valence-electron chi connectivity index (χ3n) is 9.83. The largest absolute Gasteiger partial charge is 0.488 e. The number of halogens is 1. The number of pyridine rings is 1. The lowest BCUT2D eigenvalue weighted by molar-refractivity contribution is 0.0138. The fourth-order valence-corrected chi connectivity index (χ4v) is 7.01. The molecule has 12 heteroatoms. The Bertz CT molecular complexity index is 2060. The molecule has 0 saturated carbocycles. The van der Waals surface area contributed by atoms with Crippen molar-refractivity contribution in [2.75, 3.05) is 52.5 Å². The summed E-state index contributed by atoms with van der Waals surface area (Å²) in [5.74, 6) is 1.09. The average Bonchev–Trinajstić information content (AvgIpc) is 3.17. The van der Waals surface area contributed by atoms with Crippen LogP contribution in [-0.2, 0) is 29.2 Å². The molecule has 2 aliphatic rings. The topological polar surface area (TPSA) is 117 Å². The minimum atomic E-state index is -0.555. The SMILES string of the molecule is Cc1c(COc2cc(OCc3cncc(C#N)c3)c(CN3CCN(C(=O)OC(C)(C)C)CC3)cc2Cl)cccc1-c1cccc(C(=O)N2CCOCC2)c1C. The van der Waals surface area contributed by atoms with Crippen LogP contribution in [0.2, 0.25) is 5.02 Å². The zero-order valence-electron chi connectivity index (χ0n) is 32.2. The number of carbonyl (C=O) groups excluding carboxylic acids is 2. The number of morpholine rings is 1. The molecular formula is C43H48ClN5O6. The molecule has 288 valence electrons. The first-order chi connectivity index (χ1) is 26.4. The summed E-state index contributed by atoms with van der Waals surface area (Å²) in [5, 5.41) is 9.83. The molecule has 0 N–H and O–H groups in total. The van der Waals surface area contributed by atoms with Crippen LogP contribution in [0.25, 0.3) is 11.1 Å². The van der Waals surface area contributed by atoms with Crippen LogP contribution in [-0.4, -0.2) is 89.8 Å². The van der Waals surface area contributed by atoms with Crippen LogP contribution in [0.4, 0.5) is 4.79 Å². The maximum absolute atomic E-state index is 13.4. The molecule has 1 aromatic heterocycles. The van der Waals surface area contributed by atoms with Gasteiger partial charge in [0.05, 0.1) is 23.8 Å². The molecule has 2 aliphatic heterocycles. The van der Waals surface area contributed by atoms with Crippen LogP contribution < -0.4 is 9.47 Å². The Balaban J connectivity index is 1.20. The van der Waals surface area contributed by atoms with Gasteiger partial charge >= 0.3 is 6.09 Å². The Morgan fingerprint density at radius 2 is 1.53 bits per heavy atom. The highest BCUT2D eigenvalue weighted by Gasteiger charge is 2.27. The highest BCUT2D eigenvalue weighted by Crippen LogP contribution is 2.36. The Kier molecular flexibility index (Phi) is 12.6. The highest BCUT2D eigenvalue weighted by atomic mass is 35.5. The first-order valence-electron chi connectivity index (χ1n) is 18.6. The lowest BCUT2D eigenvalue weighted by atomic mass is 9.91. The van der Waals surface area contributed by atoms with E-state index in [0.717, 1.165) is 38.9 Å². The Hall–Kier alpha value is -5.15. The Labute approximate surface area is 328 Å². The van der Waals surface area contributed by atoms with Crippen molar-refractivity contribution in [3.63, 3.8) is 0 Å². The molecule has 0 spiro atoms. The van der Waals surface area contributed by atoms with Crippen molar-refractivity contribution < 1.29 is 28.5 Å². The summed E-state index contributed by atoms with van der Waals surface area (Å²) in [5.41, 5.74) is 7.20. The summed E-state index contributed by atoms with van der Waals surface area (Å²) in [7, 11) is 0. The Morgan fingerprint density at radius 3 is 2.24 bits per heavy atom. The van der Waals surface area contributed by atoms with E-state index in [1.165, 1.54) is 6.20 Å². The van der Waals surface area contributed by atoms with Crippen molar-refractivity contribution in [3.8, 4) is 28.7 Å². The minimum Gasteiger partial charge on any atom is -0.488 e. The van der Waals surface area contributed by atoms with Crippen molar-refractivity contribution in [2.24, 2.45) is 0 Å². The summed E-state index contributed by atoms with van der Waals surface area (Å²) in [6.45, 7) is 15.3. The van der Waals surface area contributed by atoms with Crippen LogP contribution in [0.1, 0.15) is 64.5 Å². The van der Waals surface area contributed by atoms with Crippen LogP contribution in [0, 0.1) is 25.2 Å². The smallest absolute Gasteiger partial charge is 0.410 e. The van der Waals surface area contributed by atoms with E-state index in [1.807, 2.05) is 69.0 Å². The molecular weight excluding hydrogens is 718 g/mol. The summed E-state index contributed by atoms with van der Waals surface area (Å²) < 4.78 is 23.8. The number of nitriles is 1. The number of nitrogens with zero attached hydrogens (tertiary/aromatic N) is 5. The van der Waals surface area contributed by atoms with Gasteiger partial charge in [0.2, 0.25) is 0 Å². The molecule has 4 aromatic rings. The van der Waals surface area contributed by atoms with Gasteiger partial charge in [-0.3, -0.25) is 14.7 Å². The van der Waals surface area contributed by atoms with Gasteiger partial charge in [0.25, 0.3) is 5.91 Å². The number of aromatic nitrogens is 1. The van der Waals surface area contributed by atoms with Gasteiger partial charge in [0, 0.05) is 81.0 Å². The molecule has 0 unspecified atom stereocenters. The van der Waals surface area contributed by atoms with E-state index in [-0.39, 0.29) is 25.2 Å². The monoisotopic (exact) mass is 765 g/mol. The van der Waals surface area contributed by atoms with Crippen LogP contribution in [0.3, 0.4) is 0 Å². The van der Waals surface area contributed by atoms with Gasteiger partial charge < -0.3 is 28.7 Å². The van der Waals surface area contributed by atoms with Crippen LogP contribution >= 0.6 is 11.6 Å². The second-order valence-electron chi connectivity index (χ2n) is 14.9. The number of benzene rings is 3. The molecule has 6 rings (SSSR count). The summed E-state index contributed by atoms with van der Waals surface area (Å²) in [6.07, 6.45) is 2.88. The zero-order chi connectivity index (χ0) is 39.1. The van der Waals surface area contributed by atoms with Crippen molar-refractivity contribution >= 4 is 23.6 Å². The van der Waals surface area contributed by atoms with E-state index in [2.05, 4.69) is 35.0 Å². The molecule has 0 bridgehead atoms. The van der Waals surface area contributed by atoms with Crippen molar-refractivity contribution in [2.45, 2.75) is 60.0 Å². The molecule has 55 heavy (non-hydrogen) atoms. The number of hydrogen-bond acceptors (Lipinski definition) is 9. The zero-order valence-corrected chi connectivity index (χ0v) is 32.9. The second-order valence-corrected chi connectivity index (χ2v) is 15.3. The van der Waals surface area contributed by atoms with Crippen molar-refractivity contribution in [1.82, 2.24) is 19.7 Å². The first-order valence-corrected chi connectivity index (χ1v) is 19.0. The van der Waals surface area contributed by atoms with E-state index in [1.54, 1.807) is 17.2 Å². The number of ether oxygens (including phenoxy) is 4.